The number of halogens is 1. The van der Waals surface area contributed by atoms with E-state index in [9.17, 15) is 0 Å². The number of anilines is 2. The average Bonchev–Trinajstić information content (AvgIpc) is 3.94. The number of nitriles is 1. The zero-order valence-electron chi connectivity index (χ0n) is 34.6. The van der Waals surface area contributed by atoms with Crippen LogP contribution in [0.4, 0.5) is 11.6 Å². The van der Waals surface area contributed by atoms with Crippen LogP contribution in [0.15, 0.2) is 59.6 Å². The van der Waals surface area contributed by atoms with Crippen LogP contribution in [-0.4, -0.2) is 40.6 Å². The molecule has 0 aromatic carbocycles. The van der Waals surface area contributed by atoms with Gasteiger partial charge in [0.15, 0.2) is 0 Å². The van der Waals surface area contributed by atoms with E-state index in [1.807, 2.05) is 26.0 Å². The zero-order chi connectivity index (χ0) is 39.9. The minimum atomic E-state index is 0.224. The SMILES string of the molecule is C=C/C(=C\C=C(/C)C#N)Nc1ncnc(N)c1C(=C(C)CC)N1CCCC(NC(=C2CC2)c2sc(Cl)cc2OCCC)C1.CC.CCC.CCC(C)C. The highest BCUT2D eigenvalue weighted by Crippen LogP contribution is 2.44. The van der Waals surface area contributed by atoms with Crippen molar-refractivity contribution in [2.45, 2.75) is 134 Å². The van der Waals surface area contributed by atoms with Gasteiger partial charge in [-0.25, -0.2) is 9.97 Å². The van der Waals surface area contributed by atoms with Crippen molar-refractivity contribution in [3.63, 3.8) is 0 Å². The average molecular weight is 767 g/mol. The van der Waals surface area contributed by atoms with Crippen molar-refractivity contribution in [3.05, 3.63) is 74.4 Å². The van der Waals surface area contributed by atoms with Gasteiger partial charge in [-0.2, -0.15) is 5.26 Å². The molecule has 1 saturated heterocycles. The molecule has 1 atom stereocenters. The number of rotatable bonds is 14. The summed E-state index contributed by atoms with van der Waals surface area (Å²) < 4.78 is 6.83. The monoisotopic (exact) mass is 765 g/mol. The summed E-state index contributed by atoms with van der Waals surface area (Å²) in [5.41, 5.74) is 13.5. The maximum absolute atomic E-state index is 9.16. The molecule has 53 heavy (non-hydrogen) atoms. The van der Waals surface area contributed by atoms with Crippen LogP contribution in [0, 0.1) is 17.2 Å². The molecule has 2 fully saturated rings. The molecule has 1 unspecified atom stereocenters. The Hall–Kier alpha value is -3.74. The Morgan fingerprint density at radius 1 is 1.17 bits per heavy atom. The quantitative estimate of drug-likeness (QED) is 0.129. The summed E-state index contributed by atoms with van der Waals surface area (Å²) in [4.78, 5) is 12.5. The summed E-state index contributed by atoms with van der Waals surface area (Å²) in [7, 11) is 0. The van der Waals surface area contributed by atoms with Crippen molar-refractivity contribution in [1.29, 1.82) is 5.26 Å². The van der Waals surface area contributed by atoms with Crippen LogP contribution in [0.2, 0.25) is 4.34 Å². The maximum atomic E-state index is 9.16. The third kappa shape index (κ3) is 16.0. The third-order valence-corrected chi connectivity index (χ3v) is 9.60. The van der Waals surface area contributed by atoms with Crippen molar-refractivity contribution >= 4 is 46.0 Å². The van der Waals surface area contributed by atoms with Gasteiger partial charge in [-0.15, -0.1) is 11.3 Å². The first-order valence-corrected chi connectivity index (χ1v) is 20.8. The lowest BCUT2D eigenvalue weighted by atomic mass is 9.99. The van der Waals surface area contributed by atoms with Gasteiger partial charge in [0.1, 0.15) is 23.7 Å². The number of aromatic nitrogens is 2. The number of nitrogen functional groups attached to an aromatic ring is 1. The second-order valence-corrected chi connectivity index (χ2v) is 15.1. The number of thiophene rings is 1. The Morgan fingerprint density at radius 3 is 2.38 bits per heavy atom. The lowest BCUT2D eigenvalue weighted by Gasteiger charge is -2.38. The summed E-state index contributed by atoms with van der Waals surface area (Å²) in [5, 5.41) is 16.5. The van der Waals surface area contributed by atoms with E-state index in [1.54, 1.807) is 30.4 Å². The van der Waals surface area contributed by atoms with Crippen LogP contribution in [0.5, 0.6) is 5.75 Å². The fourth-order valence-corrected chi connectivity index (χ4v) is 6.28. The van der Waals surface area contributed by atoms with Crippen molar-refractivity contribution in [2.75, 3.05) is 30.7 Å². The van der Waals surface area contributed by atoms with E-state index in [2.05, 4.69) is 93.5 Å². The van der Waals surface area contributed by atoms with Gasteiger partial charge in [-0.1, -0.05) is 93.3 Å². The molecule has 0 spiro atoms. The largest absolute Gasteiger partial charge is 0.492 e. The molecule has 8 nitrogen and oxygen atoms in total. The van der Waals surface area contributed by atoms with Crippen molar-refractivity contribution in [3.8, 4) is 11.8 Å². The van der Waals surface area contributed by atoms with Gasteiger partial charge < -0.3 is 26.0 Å². The topological polar surface area (TPSA) is 112 Å². The van der Waals surface area contributed by atoms with E-state index in [4.69, 9.17) is 27.3 Å². The molecule has 3 heterocycles. The molecule has 0 amide bonds. The minimum Gasteiger partial charge on any atom is -0.492 e. The predicted molar refractivity (Wildman–Crippen MR) is 232 cm³/mol. The molecule has 4 rings (SSSR count). The second kappa shape index (κ2) is 26.1. The molecule has 1 aliphatic carbocycles. The van der Waals surface area contributed by atoms with E-state index in [-0.39, 0.29) is 6.04 Å². The van der Waals surface area contributed by atoms with E-state index in [0.29, 0.717) is 29.5 Å². The van der Waals surface area contributed by atoms with Gasteiger partial charge in [0.25, 0.3) is 0 Å². The van der Waals surface area contributed by atoms with Crippen LogP contribution in [-0.2, 0) is 0 Å². The number of ether oxygens (including phenoxy) is 1. The highest BCUT2D eigenvalue weighted by atomic mass is 35.5. The molecule has 4 N–H and O–H groups in total. The van der Waals surface area contributed by atoms with Crippen molar-refractivity contribution < 1.29 is 4.74 Å². The molecule has 1 aliphatic heterocycles. The van der Waals surface area contributed by atoms with Crippen molar-refractivity contribution in [2.24, 2.45) is 5.92 Å². The molecule has 10 heteroatoms. The first-order chi connectivity index (χ1) is 25.5. The molecule has 0 radical (unpaired) electrons. The fraction of sp³-hybridized carbons (Fsp3) is 0.558. The summed E-state index contributed by atoms with van der Waals surface area (Å²) in [6, 6.07) is 4.30. The lowest BCUT2D eigenvalue weighted by Crippen LogP contribution is -2.44. The Labute approximate surface area is 331 Å². The van der Waals surface area contributed by atoms with Gasteiger partial charge in [0.2, 0.25) is 0 Å². The number of piperidine rings is 1. The Balaban J connectivity index is 0.00000126. The van der Waals surface area contributed by atoms with E-state index in [0.717, 1.165) is 83.8 Å². The van der Waals surface area contributed by atoms with E-state index in [1.165, 1.54) is 36.0 Å². The standard InChI is InChI=1S/C33H42ClN7OS.C5H12.C3H8.C2H6/c1-6-16-42-26-17-27(34)43-31(26)29(23-12-13-23)39-25-10-9-15-41(19-25)30(22(5)7-2)28-32(36)37-20-38-33(28)40-24(8-3)14-11-21(4)18-35;1-4-5(2)3;1-3-2;1-2/h8,11,14,17,20,25,39H,3,6-7,9-10,12-13,15-16,19H2,1-2,4-5H3,(H3,36,37,38,40);5H,4H2,1-3H3;3H2,1-2H3;1-2H3/b21-11+,24-14+,30-22?;;;. The predicted octanol–water partition coefficient (Wildman–Crippen LogP) is 12.4. The number of allylic oxidation sites excluding steroid dienone is 6. The molecule has 2 aliphatic rings. The molecule has 294 valence electrons. The highest BCUT2D eigenvalue weighted by molar-refractivity contribution is 7.17. The number of hydrogen-bond acceptors (Lipinski definition) is 9. The van der Waals surface area contributed by atoms with Gasteiger partial charge in [0, 0.05) is 36.5 Å². The van der Waals surface area contributed by atoms with Crippen LogP contribution in [0.1, 0.15) is 138 Å². The summed E-state index contributed by atoms with van der Waals surface area (Å²) in [5.74, 6) is 2.76. The summed E-state index contributed by atoms with van der Waals surface area (Å²) >= 11 is 8.06. The second-order valence-electron chi connectivity index (χ2n) is 13.4. The third-order valence-electron chi connectivity index (χ3n) is 8.33. The minimum absolute atomic E-state index is 0.224. The number of nitrogens with one attached hydrogen (secondary N) is 2. The zero-order valence-corrected chi connectivity index (χ0v) is 36.2. The number of nitrogens with zero attached hydrogens (tertiary/aromatic N) is 4. The van der Waals surface area contributed by atoms with E-state index >= 15 is 0 Å². The Kier molecular flexibility index (Phi) is 23.3. The van der Waals surface area contributed by atoms with Gasteiger partial charge in [-0.3, -0.25) is 0 Å². The number of likely N-dealkylation sites (tertiary alicyclic amines) is 1. The highest BCUT2D eigenvalue weighted by Gasteiger charge is 2.30. The molecule has 0 bridgehead atoms. The van der Waals surface area contributed by atoms with Crippen LogP contribution >= 0.6 is 22.9 Å². The first kappa shape index (κ1) is 47.3. The van der Waals surface area contributed by atoms with Crippen LogP contribution in [0.3, 0.4) is 0 Å². The normalized spacial score (nSPS) is 15.7. The number of nitrogens with two attached hydrogens (primary N) is 1. The molecule has 2 aromatic heterocycles. The van der Waals surface area contributed by atoms with Gasteiger partial charge in [0.05, 0.1) is 38.8 Å². The molecule has 2 aromatic rings. The van der Waals surface area contributed by atoms with Gasteiger partial charge in [-0.05, 0) is 87.7 Å². The Morgan fingerprint density at radius 2 is 1.83 bits per heavy atom. The van der Waals surface area contributed by atoms with Crippen LogP contribution < -0.4 is 21.1 Å². The molecular formula is C43H68ClN7OS. The van der Waals surface area contributed by atoms with Crippen molar-refractivity contribution in [1.82, 2.24) is 20.2 Å². The van der Waals surface area contributed by atoms with Crippen LogP contribution in [0.25, 0.3) is 11.4 Å². The smallest absolute Gasteiger partial charge is 0.145 e. The first-order valence-electron chi connectivity index (χ1n) is 19.6. The number of hydrogen-bond donors (Lipinski definition) is 3. The molecular weight excluding hydrogens is 698 g/mol. The maximum Gasteiger partial charge on any atom is 0.145 e. The molecule has 1 saturated carbocycles. The lowest BCUT2D eigenvalue weighted by molar-refractivity contribution is 0.278. The Bertz CT molecular complexity index is 1580. The van der Waals surface area contributed by atoms with E-state index < -0.39 is 0 Å². The summed E-state index contributed by atoms with van der Waals surface area (Å²) in [6.45, 7) is 29.4. The fourth-order valence-electron chi connectivity index (χ4n) is 5.07. The van der Waals surface area contributed by atoms with Gasteiger partial charge >= 0.3 is 0 Å². The summed E-state index contributed by atoms with van der Waals surface area (Å²) in [6.07, 6.45) is 15.3.